The van der Waals surface area contributed by atoms with E-state index in [-0.39, 0.29) is 18.4 Å². The van der Waals surface area contributed by atoms with Gasteiger partial charge in [0.25, 0.3) is 5.91 Å². The zero-order valence-electron chi connectivity index (χ0n) is 9.20. The molecule has 3 nitrogen and oxygen atoms in total. The second kappa shape index (κ2) is 5.38. The highest BCUT2D eigenvalue weighted by molar-refractivity contribution is 9.10. The largest absolute Gasteiger partial charge is 0.396 e. The fourth-order valence-corrected chi connectivity index (χ4v) is 2.85. The van der Waals surface area contributed by atoms with E-state index in [2.05, 4.69) is 15.9 Å². The standard InChI is InChI=1S/C12H13BrClNO2/c13-11-5-9(14)1-2-10(11)12(17)15-4-3-8(6-15)7-16/h1-2,5,8,16H,3-4,6-7H2. The van der Waals surface area contributed by atoms with Crippen molar-refractivity contribution in [1.82, 2.24) is 4.90 Å². The molecule has 5 heteroatoms. The van der Waals surface area contributed by atoms with Gasteiger partial charge in [-0.2, -0.15) is 0 Å². The number of aliphatic hydroxyl groups excluding tert-OH is 1. The Morgan fingerprint density at radius 2 is 2.35 bits per heavy atom. The molecular weight excluding hydrogens is 305 g/mol. The zero-order chi connectivity index (χ0) is 12.4. The van der Waals surface area contributed by atoms with E-state index in [1.54, 1.807) is 23.1 Å². The third kappa shape index (κ3) is 2.81. The van der Waals surface area contributed by atoms with E-state index in [0.29, 0.717) is 28.1 Å². The van der Waals surface area contributed by atoms with Gasteiger partial charge >= 0.3 is 0 Å². The SMILES string of the molecule is O=C(c1ccc(Cl)cc1Br)N1CCC(CO)C1. The van der Waals surface area contributed by atoms with Gasteiger partial charge in [-0.3, -0.25) is 4.79 Å². The van der Waals surface area contributed by atoms with E-state index in [1.165, 1.54) is 0 Å². The third-order valence-electron chi connectivity index (χ3n) is 2.99. The fraction of sp³-hybridized carbons (Fsp3) is 0.417. The number of benzene rings is 1. The van der Waals surface area contributed by atoms with Gasteiger partial charge in [-0.1, -0.05) is 11.6 Å². The van der Waals surface area contributed by atoms with Crippen molar-refractivity contribution in [3.05, 3.63) is 33.3 Å². The van der Waals surface area contributed by atoms with E-state index in [0.717, 1.165) is 6.42 Å². The van der Waals surface area contributed by atoms with Crippen molar-refractivity contribution >= 4 is 33.4 Å². The minimum Gasteiger partial charge on any atom is -0.396 e. The Bertz CT molecular complexity index is 439. The van der Waals surface area contributed by atoms with Gasteiger partial charge in [0.05, 0.1) is 5.56 Å². The summed E-state index contributed by atoms with van der Waals surface area (Å²) in [5.74, 6) is 0.203. The van der Waals surface area contributed by atoms with Gasteiger partial charge in [-0.15, -0.1) is 0 Å². The Hall–Kier alpha value is -0.580. The number of carbonyl (C=O) groups is 1. The van der Waals surface area contributed by atoms with Crippen molar-refractivity contribution in [1.29, 1.82) is 0 Å². The van der Waals surface area contributed by atoms with Gasteiger partial charge in [-0.25, -0.2) is 0 Å². The van der Waals surface area contributed by atoms with Crippen LogP contribution in [0.1, 0.15) is 16.8 Å². The normalized spacial score (nSPS) is 19.7. The number of aliphatic hydroxyl groups is 1. The van der Waals surface area contributed by atoms with Crippen LogP contribution in [0.2, 0.25) is 5.02 Å². The molecule has 0 aromatic heterocycles. The molecule has 1 heterocycles. The highest BCUT2D eigenvalue weighted by Crippen LogP contribution is 2.25. The van der Waals surface area contributed by atoms with Gasteiger partial charge < -0.3 is 10.0 Å². The lowest BCUT2D eigenvalue weighted by Gasteiger charge is -2.17. The van der Waals surface area contributed by atoms with Crippen LogP contribution in [0.4, 0.5) is 0 Å². The van der Waals surface area contributed by atoms with Crippen molar-refractivity contribution in [2.24, 2.45) is 5.92 Å². The molecule has 1 atom stereocenters. The Labute approximate surface area is 114 Å². The van der Waals surface area contributed by atoms with Crippen LogP contribution < -0.4 is 0 Å². The van der Waals surface area contributed by atoms with Crippen LogP contribution in [-0.4, -0.2) is 35.6 Å². The number of amides is 1. The van der Waals surface area contributed by atoms with Crippen molar-refractivity contribution in [2.75, 3.05) is 19.7 Å². The first-order valence-corrected chi connectivity index (χ1v) is 6.64. The summed E-state index contributed by atoms with van der Waals surface area (Å²) in [5, 5.41) is 9.66. The molecule has 1 aromatic rings. The number of hydrogen-bond acceptors (Lipinski definition) is 2. The van der Waals surface area contributed by atoms with E-state index < -0.39 is 0 Å². The van der Waals surface area contributed by atoms with Gasteiger partial charge in [-0.05, 0) is 40.5 Å². The van der Waals surface area contributed by atoms with Gasteiger partial charge in [0.15, 0.2) is 0 Å². The maximum absolute atomic E-state index is 12.2. The highest BCUT2D eigenvalue weighted by Gasteiger charge is 2.27. The Kier molecular flexibility index (Phi) is 4.07. The number of rotatable bonds is 2. The van der Waals surface area contributed by atoms with Crippen molar-refractivity contribution < 1.29 is 9.90 Å². The van der Waals surface area contributed by atoms with Crippen LogP contribution in [0.25, 0.3) is 0 Å². The first kappa shape index (κ1) is 12.9. The minimum atomic E-state index is -0.00973. The Morgan fingerprint density at radius 1 is 1.59 bits per heavy atom. The summed E-state index contributed by atoms with van der Waals surface area (Å²) < 4.78 is 0.711. The molecule has 1 aromatic carbocycles. The van der Waals surface area contributed by atoms with Crippen molar-refractivity contribution in [3.8, 4) is 0 Å². The molecule has 1 unspecified atom stereocenters. The summed E-state index contributed by atoms with van der Waals surface area (Å²) >= 11 is 9.18. The molecule has 1 saturated heterocycles. The summed E-state index contributed by atoms with van der Waals surface area (Å²) in [6.07, 6.45) is 0.869. The molecule has 0 bridgehead atoms. The average Bonchev–Trinajstić information content (AvgIpc) is 2.76. The summed E-state index contributed by atoms with van der Waals surface area (Å²) in [7, 11) is 0. The molecule has 0 spiro atoms. The minimum absolute atomic E-state index is 0.00973. The lowest BCUT2D eigenvalue weighted by atomic mass is 10.1. The average molecular weight is 319 g/mol. The topological polar surface area (TPSA) is 40.5 Å². The molecule has 0 radical (unpaired) electrons. The van der Waals surface area contributed by atoms with Crippen LogP contribution in [0.15, 0.2) is 22.7 Å². The van der Waals surface area contributed by atoms with Crippen LogP contribution in [0.5, 0.6) is 0 Å². The summed E-state index contributed by atoms with van der Waals surface area (Å²) in [4.78, 5) is 14.0. The quantitative estimate of drug-likeness (QED) is 0.910. The maximum atomic E-state index is 12.2. The number of likely N-dealkylation sites (tertiary alicyclic amines) is 1. The van der Waals surface area contributed by atoms with Gasteiger partial charge in [0.2, 0.25) is 0 Å². The number of halogens is 2. The predicted octanol–water partition coefficient (Wildman–Crippen LogP) is 2.56. The molecule has 1 fully saturated rings. The summed E-state index contributed by atoms with van der Waals surface area (Å²) in [5.41, 5.74) is 0.619. The molecule has 2 rings (SSSR count). The lowest BCUT2D eigenvalue weighted by Crippen LogP contribution is -2.29. The highest BCUT2D eigenvalue weighted by atomic mass is 79.9. The predicted molar refractivity (Wildman–Crippen MR) is 70.2 cm³/mol. The molecule has 17 heavy (non-hydrogen) atoms. The number of hydrogen-bond donors (Lipinski definition) is 1. The number of carbonyl (C=O) groups excluding carboxylic acids is 1. The Morgan fingerprint density at radius 3 is 2.94 bits per heavy atom. The smallest absolute Gasteiger partial charge is 0.255 e. The maximum Gasteiger partial charge on any atom is 0.255 e. The molecule has 1 aliphatic heterocycles. The van der Waals surface area contributed by atoms with Gasteiger partial charge in [0, 0.05) is 35.1 Å². The monoisotopic (exact) mass is 317 g/mol. The van der Waals surface area contributed by atoms with E-state index in [9.17, 15) is 4.79 Å². The molecule has 0 aliphatic carbocycles. The second-order valence-corrected chi connectivity index (χ2v) is 5.50. The first-order valence-electron chi connectivity index (χ1n) is 5.47. The van der Waals surface area contributed by atoms with E-state index >= 15 is 0 Å². The lowest BCUT2D eigenvalue weighted by molar-refractivity contribution is 0.0781. The van der Waals surface area contributed by atoms with Crippen LogP contribution in [0.3, 0.4) is 0 Å². The van der Waals surface area contributed by atoms with Crippen LogP contribution in [0, 0.1) is 5.92 Å². The van der Waals surface area contributed by atoms with E-state index in [4.69, 9.17) is 16.7 Å². The van der Waals surface area contributed by atoms with Crippen LogP contribution >= 0.6 is 27.5 Å². The molecule has 1 amide bonds. The molecule has 92 valence electrons. The molecule has 1 aliphatic rings. The molecule has 0 saturated carbocycles. The van der Waals surface area contributed by atoms with Crippen LogP contribution in [-0.2, 0) is 0 Å². The Balaban J connectivity index is 2.15. The fourth-order valence-electron chi connectivity index (χ4n) is 2.00. The second-order valence-electron chi connectivity index (χ2n) is 4.21. The molecular formula is C12H13BrClNO2. The van der Waals surface area contributed by atoms with E-state index in [1.807, 2.05) is 0 Å². The first-order chi connectivity index (χ1) is 8.11. The van der Waals surface area contributed by atoms with Gasteiger partial charge in [0.1, 0.15) is 0 Å². The zero-order valence-corrected chi connectivity index (χ0v) is 11.5. The van der Waals surface area contributed by atoms with Crippen molar-refractivity contribution in [2.45, 2.75) is 6.42 Å². The summed E-state index contributed by atoms with van der Waals surface area (Å²) in [6.45, 7) is 1.48. The van der Waals surface area contributed by atoms with Crippen molar-refractivity contribution in [3.63, 3.8) is 0 Å². The molecule has 1 N–H and O–H groups in total. The summed E-state index contributed by atoms with van der Waals surface area (Å²) in [6, 6.07) is 5.15. The number of nitrogens with zero attached hydrogens (tertiary/aromatic N) is 1. The third-order valence-corrected chi connectivity index (χ3v) is 3.88.